The highest BCUT2D eigenvalue weighted by Gasteiger charge is 2.28. The van der Waals surface area contributed by atoms with Crippen LogP contribution >= 0.6 is 11.3 Å². The molecule has 1 atom stereocenters. The van der Waals surface area contributed by atoms with Gasteiger partial charge < -0.3 is 5.32 Å². The van der Waals surface area contributed by atoms with Gasteiger partial charge in [-0.25, -0.2) is 0 Å². The van der Waals surface area contributed by atoms with Crippen molar-refractivity contribution in [2.45, 2.75) is 13.3 Å². The van der Waals surface area contributed by atoms with Crippen molar-refractivity contribution in [2.24, 2.45) is 11.8 Å². The molecule has 2 rings (SSSR count). The zero-order valence-electron chi connectivity index (χ0n) is 8.32. The molecule has 0 amide bonds. The molecule has 0 bridgehead atoms. The largest absolute Gasteiger partial charge is 0.316 e. The maximum Gasteiger partial charge on any atom is 0.140 e. The van der Waals surface area contributed by atoms with Crippen LogP contribution in [0.2, 0.25) is 0 Å². The smallest absolute Gasteiger partial charge is 0.140 e. The van der Waals surface area contributed by atoms with Gasteiger partial charge in [0.15, 0.2) is 0 Å². The zero-order valence-corrected chi connectivity index (χ0v) is 9.14. The van der Waals surface area contributed by atoms with Crippen LogP contribution in [-0.4, -0.2) is 18.9 Å². The van der Waals surface area contributed by atoms with Crippen molar-refractivity contribution in [2.75, 3.05) is 13.1 Å². The summed E-state index contributed by atoms with van der Waals surface area (Å²) in [5.41, 5.74) is 1.17. The minimum Gasteiger partial charge on any atom is -0.316 e. The Morgan fingerprint density at radius 1 is 1.71 bits per heavy atom. The highest BCUT2D eigenvalue weighted by molar-refractivity contribution is 7.07. The van der Waals surface area contributed by atoms with Gasteiger partial charge in [-0.05, 0) is 41.4 Å². The monoisotopic (exact) mass is 209 g/mol. The third-order valence-electron chi connectivity index (χ3n) is 2.99. The zero-order chi connectivity index (χ0) is 9.97. The van der Waals surface area contributed by atoms with Gasteiger partial charge in [0.2, 0.25) is 0 Å². The fraction of sp³-hybridized carbons (Fsp3) is 0.545. The van der Waals surface area contributed by atoms with E-state index in [0.717, 1.165) is 13.1 Å². The number of hydrogen-bond donors (Lipinski definition) is 1. The predicted octanol–water partition coefficient (Wildman–Crippen LogP) is 1.72. The third kappa shape index (κ3) is 2.04. The Labute approximate surface area is 88.3 Å². The van der Waals surface area contributed by atoms with E-state index in [-0.39, 0.29) is 5.92 Å². The van der Waals surface area contributed by atoms with Crippen molar-refractivity contribution >= 4 is 17.1 Å². The van der Waals surface area contributed by atoms with Crippen LogP contribution in [0.1, 0.15) is 12.5 Å². The lowest BCUT2D eigenvalue weighted by atomic mass is 9.84. The van der Waals surface area contributed by atoms with Crippen LogP contribution < -0.4 is 5.32 Å². The van der Waals surface area contributed by atoms with E-state index >= 15 is 0 Å². The summed E-state index contributed by atoms with van der Waals surface area (Å²) in [5.74, 6) is 1.17. The summed E-state index contributed by atoms with van der Waals surface area (Å²) in [5, 5.41) is 7.29. The van der Waals surface area contributed by atoms with Crippen molar-refractivity contribution in [3.63, 3.8) is 0 Å². The molecule has 2 heterocycles. The average Bonchev–Trinajstić information content (AvgIpc) is 2.53. The number of Topliss-reactive ketones (excluding diaryl/α,β-unsaturated/α-hetero) is 1. The topological polar surface area (TPSA) is 29.1 Å². The number of rotatable bonds is 4. The van der Waals surface area contributed by atoms with E-state index in [1.807, 2.05) is 11.4 Å². The second-order valence-electron chi connectivity index (χ2n) is 3.98. The van der Waals surface area contributed by atoms with Crippen molar-refractivity contribution in [1.29, 1.82) is 0 Å². The van der Waals surface area contributed by atoms with Gasteiger partial charge in [-0.1, -0.05) is 6.92 Å². The quantitative estimate of drug-likeness (QED) is 0.818. The molecule has 1 aliphatic heterocycles. The molecular weight excluding hydrogens is 194 g/mol. The predicted molar refractivity (Wildman–Crippen MR) is 58.6 cm³/mol. The van der Waals surface area contributed by atoms with Crippen LogP contribution in [0, 0.1) is 11.8 Å². The molecule has 1 N–H and O–H groups in total. The van der Waals surface area contributed by atoms with E-state index in [1.165, 1.54) is 5.56 Å². The Morgan fingerprint density at radius 2 is 2.50 bits per heavy atom. The molecular formula is C11H15NOS. The molecule has 0 saturated carbocycles. The van der Waals surface area contributed by atoms with Gasteiger partial charge in [-0.3, -0.25) is 4.79 Å². The maximum atomic E-state index is 11.8. The van der Waals surface area contributed by atoms with Gasteiger partial charge in [-0.15, -0.1) is 0 Å². The molecule has 1 aromatic rings. The van der Waals surface area contributed by atoms with E-state index in [4.69, 9.17) is 0 Å². The molecule has 76 valence electrons. The molecule has 0 spiro atoms. The summed E-state index contributed by atoms with van der Waals surface area (Å²) in [4.78, 5) is 11.8. The van der Waals surface area contributed by atoms with Gasteiger partial charge >= 0.3 is 0 Å². The third-order valence-corrected chi connectivity index (χ3v) is 3.72. The van der Waals surface area contributed by atoms with Gasteiger partial charge in [-0.2, -0.15) is 11.3 Å². The normalized spacial score (nSPS) is 18.9. The second-order valence-corrected chi connectivity index (χ2v) is 4.76. The molecule has 1 unspecified atom stereocenters. The second kappa shape index (κ2) is 4.24. The van der Waals surface area contributed by atoms with Gasteiger partial charge in [0.25, 0.3) is 0 Å². The first kappa shape index (κ1) is 9.87. The Morgan fingerprint density at radius 3 is 3.00 bits per heavy atom. The molecule has 0 aromatic carbocycles. The number of carbonyl (C=O) groups is 1. The Hall–Kier alpha value is -0.670. The lowest BCUT2D eigenvalue weighted by Gasteiger charge is -2.31. The number of carbonyl (C=O) groups excluding carboxylic acids is 1. The lowest BCUT2D eigenvalue weighted by molar-refractivity contribution is -0.123. The first-order chi connectivity index (χ1) is 6.77. The average molecular weight is 209 g/mol. The molecule has 1 aliphatic rings. The Bertz CT molecular complexity index is 303. The molecule has 0 radical (unpaired) electrons. The number of hydrogen-bond acceptors (Lipinski definition) is 3. The van der Waals surface area contributed by atoms with Crippen LogP contribution in [-0.2, 0) is 11.2 Å². The first-order valence-electron chi connectivity index (χ1n) is 5.02. The SMILES string of the molecule is CC(C(=O)Cc1ccsc1)C1CNC1. The van der Waals surface area contributed by atoms with E-state index in [0.29, 0.717) is 18.1 Å². The van der Waals surface area contributed by atoms with E-state index in [1.54, 1.807) is 11.3 Å². The van der Waals surface area contributed by atoms with Crippen LogP contribution in [0.15, 0.2) is 16.8 Å². The van der Waals surface area contributed by atoms with Crippen molar-refractivity contribution in [1.82, 2.24) is 5.32 Å². The number of nitrogens with one attached hydrogen (secondary N) is 1. The summed E-state index contributed by atoms with van der Waals surface area (Å²) in [6.07, 6.45) is 0.612. The fourth-order valence-electron chi connectivity index (χ4n) is 1.68. The maximum absolute atomic E-state index is 11.8. The highest BCUT2D eigenvalue weighted by atomic mass is 32.1. The van der Waals surface area contributed by atoms with Crippen LogP contribution in [0.25, 0.3) is 0 Å². The molecule has 1 saturated heterocycles. The highest BCUT2D eigenvalue weighted by Crippen LogP contribution is 2.19. The van der Waals surface area contributed by atoms with Crippen molar-refractivity contribution < 1.29 is 4.79 Å². The molecule has 14 heavy (non-hydrogen) atoms. The van der Waals surface area contributed by atoms with E-state index < -0.39 is 0 Å². The standard InChI is InChI=1S/C11H15NOS/c1-8(10-5-12-6-10)11(13)4-9-2-3-14-7-9/h2-3,7-8,10,12H,4-6H2,1H3. The summed E-state index contributed by atoms with van der Waals surface area (Å²) in [7, 11) is 0. The van der Waals surface area contributed by atoms with E-state index in [2.05, 4.69) is 17.6 Å². The number of ketones is 1. The minimum absolute atomic E-state index is 0.219. The van der Waals surface area contributed by atoms with E-state index in [9.17, 15) is 4.79 Å². The van der Waals surface area contributed by atoms with Crippen molar-refractivity contribution in [3.8, 4) is 0 Å². The Balaban J connectivity index is 1.88. The summed E-state index contributed by atoms with van der Waals surface area (Å²) in [6.45, 7) is 4.08. The van der Waals surface area contributed by atoms with Crippen LogP contribution in [0.5, 0.6) is 0 Å². The van der Waals surface area contributed by atoms with Crippen LogP contribution in [0.3, 0.4) is 0 Å². The summed E-state index contributed by atoms with van der Waals surface area (Å²) >= 11 is 1.66. The first-order valence-corrected chi connectivity index (χ1v) is 5.96. The minimum atomic E-state index is 0.219. The summed E-state index contributed by atoms with van der Waals surface area (Å²) < 4.78 is 0. The summed E-state index contributed by atoms with van der Waals surface area (Å²) in [6, 6.07) is 2.04. The lowest BCUT2D eigenvalue weighted by Crippen LogP contribution is -2.47. The Kier molecular flexibility index (Phi) is 2.99. The number of thiophene rings is 1. The van der Waals surface area contributed by atoms with Gasteiger partial charge in [0, 0.05) is 12.3 Å². The van der Waals surface area contributed by atoms with Crippen LogP contribution in [0.4, 0.5) is 0 Å². The molecule has 3 heteroatoms. The van der Waals surface area contributed by atoms with Crippen molar-refractivity contribution in [3.05, 3.63) is 22.4 Å². The fourth-order valence-corrected chi connectivity index (χ4v) is 2.35. The molecule has 2 nitrogen and oxygen atoms in total. The molecule has 1 aromatic heterocycles. The van der Waals surface area contributed by atoms with Gasteiger partial charge in [0.05, 0.1) is 0 Å². The van der Waals surface area contributed by atoms with Gasteiger partial charge in [0.1, 0.15) is 5.78 Å². The molecule has 1 fully saturated rings. The molecule has 0 aliphatic carbocycles.